The first-order valence-corrected chi connectivity index (χ1v) is 17.6. The van der Waals surface area contributed by atoms with E-state index in [0.29, 0.717) is 0 Å². The summed E-state index contributed by atoms with van der Waals surface area (Å²) < 4.78 is 5.04. The predicted octanol–water partition coefficient (Wildman–Crippen LogP) is 12.6. The minimum absolute atomic E-state index is 0.956. The fourth-order valence-corrected chi connectivity index (χ4v) is 8.63. The van der Waals surface area contributed by atoms with Gasteiger partial charge in [0.1, 0.15) is 0 Å². The number of hydrogen-bond acceptors (Lipinski definition) is 3. The molecule has 0 aliphatic carbocycles. The van der Waals surface area contributed by atoms with Gasteiger partial charge in [-0.1, -0.05) is 115 Å². The molecule has 0 fully saturated rings. The Bertz CT molecular complexity index is 2850. The van der Waals surface area contributed by atoms with Crippen molar-refractivity contribution in [1.82, 2.24) is 14.5 Å². The molecule has 234 valence electrons. The maximum atomic E-state index is 5.18. The monoisotopic (exact) mass is 655 g/mol. The molecule has 0 bridgehead atoms. The van der Waals surface area contributed by atoms with E-state index in [9.17, 15) is 0 Å². The van der Waals surface area contributed by atoms with Gasteiger partial charge in [-0.2, -0.15) is 0 Å². The van der Waals surface area contributed by atoms with Crippen molar-refractivity contribution in [2.24, 2.45) is 0 Å². The van der Waals surface area contributed by atoms with E-state index >= 15 is 0 Å². The van der Waals surface area contributed by atoms with Crippen LogP contribution in [0.3, 0.4) is 0 Å². The third-order valence-corrected chi connectivity index (χ3v) is 10.9. The Labute approximate surface area is 293 Å². The second-order valence-electron chi connectivity index (χ2n) is 12.6. The minimum Gasteiger partial charge on any atom is -0.309 e. The molecule has 10 aromatic rings. The maximum Gasteiger partial charge on any atom is 0.0781 e. The highest BCUT2D eigenvalue weighted by atomic mass is 32.1. The number of hydrogen-bond donors (Lipinski definition) is 0. The molecule has 0 N–H and O–H groups in total. The molecule has 6 aromatic carbocycles. The lowest BCUT2D eigenvalue weighted by atomic mass is 9.95. The molecule has 4 heterocycles. The van der Waals surface area contributed by atoms with Crippen LogP contribution in [0.4, 0.5) is 0 Å². The van der Waals surface area contributed by atoms with Gasteiger partial charge in [0, 0.05) is 71.3 Å². The zero-order valence-electron chi connectivity index (χ0n) is 27.0. The largest absolute Gasteiger partial charge is 0.309 e. The van der Waals surface area contributed by atoms with Gasteiger partial charge in [0.25, 0.3) is 0 Å². The zero-order valence-corrected chi connectivity index (χ0v) is 27.8. The van der Waals surface area contributed by atoms with E-state index in [1.54, 1.807) is 0 Å². The Hall–Kier alpha value is -6.36. The van der Waals surface area contributed by atoms with Crippen LogP contribution in [0.2, 0.25) is 0 Å². The smallest absolute Gasteiger partial charge is 0.0781 e. The Morgan fingerprint density at radius 2 is 1.22 bits per heavy atom. The lowest BCUT2D eigenvalue weighted by Gasteiger charge is -2.14. The Kier molecular flexibility index (Phi) is 6.68. The summed E-state index contributed by atoms with van der Waals surface area (Å²) in [5.41, 5.74) is 12.0. The average Bonchev–Trinajstić information content (AvgIpc) is 3.74. The highest BCUT2D eigenvalue weighted by molar-refractivity contribution is 7.26. The summed E-state index contributed by atoms with van der Waals surface area (Å²) in [4.78, 5) is 9.85. The van der Waals surface area contributed by atoms with E-state index in [1.165, 1.54) is 36.5 Å². The van der Waals surface area contributed by atoms with Crippen LogP contribution in [-0.4, -0.2) is 14.5 Å². The van der Waals surface area contributed by atoms with Gasteiger partial charge < -0.3 is 4.57 Å². The van der Waals surface area contributed by atoms with Crippen LogP contribution in [-0.2, 0) is 0 Å². The van der Waals surface area contributed by atoms with Gasteiger partial charge in [-0.3, -0.25) is 9.97 Å². The maximum absolute atomic E-state index is 5.18. The molecule has 0 spiro atoms. The van der Waals surface area contributed by atoms with Gasteiger partial charge in [0.05, 0.1) is 22.4 Å². The van der Waals surface area contributed by atoms with Crippen molar-refractivity contribution in [3.8, 4) is 50.5 Å². The van der Waals surface area contributed by atoms with E-state index in [4.69, 9.17) is 4.98 Å². The summed E-state index contributed by atoms with van der Waals surface area (Å²) in [7, 11) is 0. The van der Waals surface area contributed by atoms with Gasteiger partial charge in [-0.25, -0.2) is 0 Å². The molecule has 3 nitrogen and oxygen atoms in total. The predicted molar refractivity (Wildman–Crippen MR) is 211 cm³/mol. The number of benzene rings is 6. The first kappa shape index (κ1) is 28.6. The minimum atomic E-state index is 0.956. The molecule has 0 amide bonds. The van der Waals surface area contributed by atoms with Crippen molar-refractivity contribution >= 4 is 53.3 Å². The summed E-state index contributed by atoms with van der Waals surface area (Å²) in [5.74, 6) is 0. The average molecular weight is 656 g/mol. The van der Waals surface area contributed by atoms with Gasteiger partial charge in [-0.05, 0) is 59.7 Å². The molecular weight excluding hydrogens is 627 g/mol. The molecule has 0 unspecified atom stereocenters. The van der Waals surface area contributed by atoms with Gasteiger partial charge in [0.15, 0.2) is 0 Å². The molecule has 0 saturated carbocycles. The third-order valence-electron chi connectivity index (χ3n) is 9.69. The van der Waals surface area contributed by atoms with E-state index in [0.717, 1.165) is 56.0 Å². The summed E-state index contributed by atoms with van der Waals surface area (Å²) in [6.07, 6.45) is 3.86. The Morgan fingerprint density at radius 3 is 2.06 bits per heavy atom. The van der Waals surface area contributed by atoms with E-state index in [1.807, 2.05) is 35.9 Å². The molecule has 0 atom stereocenters. The van der Waals surface area contributed by atoms with Crippen LogP contribution < -0.4 is 0 Å². The van der Waals surface area contributed by atoms with Gasteiger partial charge >= 0.3 is 0 Å². The first-order valence-electron chi connectivity index (χ1n) is 16.8. The number of aromatic nitrogens is 3. The molecule has 0 aliphatic rings. The number of nitrogens with zero attached hydrogens (tertiary/aromatic N) is 3. The first-order chi connectivity index (χ1) is 24.8. The Balaban J connectivity index is 1.26. The SMILES string of the molecule is c1ccc(-c2cnc(-c3ccc4c5c6sc7ccccc7c6ccc5n(-c5cccc(-c6ccccn6)c5)c4c3)c(-c3ccccc3)c2)cc1. The van der Waals surface area contributed by atoms with Crippen molar-refractivity contribution in [3.05, 3.63) is 176 Å². The molecule has 0 aliphatic heterocycles. The highest BCUT2D eigenvalue weighted by Crippen LogP contribution is 2.45. The topological polar surface area (TPSA) is 30.7 Å². The van der Waals surface area contributed by atoms with Crippen LogP contribution in [0.5, 0.6) is 0 Å². The van der Waals surface area contributed by atoms with Crippen LogP contribution in [0, 0.1) is 0 Å². The molecular formula is C46H29N3S. The molecule has 4 heteroatoms. The van der Waals surface area contributed by atoms with Gasteiger partial charge in [0.2, 0.25) is 0 Å². The van der Waals surface area contributed by atoms with Crippen LogP contribution in [0.25, 0.3) is 92.4 Å². The summed E-state index contributed by atoms with van der Waals surface area (Å²) >= 11 is 1.88. The van der Waals surface area contributed by atoms with Crippen molar-refractivity contribution in [3.63, 3.8) is 0 Å². The van der Waals surface area contributed by atoms with E-state index in [2.05, 4.69) is 161 Å². The summed E-state index contributed by atoms with van der Waals surface area (Å²) in [5, 5.41) is 5.11. The molecule has 4 aromatic heterocycles. The number of fused-ring (bicyclic) bond motifs is 7. The standard InChI is InChI=1S/C46H29N3S/c1-3-12-30(13-4-1)34-27-39(31-14-5-2-6-15-31)45(48-29-34)33-21-22-38-42(28-33)49(35-17-11-16-32(26-35)40-19-9-10-25-47-40)41-24-23-37-36-18-7-8-20-43(36)50-46(37)44(38)41/h1-29H. The molecule has 10 rings (SSSR count). The number of pyridine rings is 2. The van der Waals surface area contributed by atoms with Crippen molar-refractivity contribution in [2.75, 3.05) is 0 Å². The Morgan fingerprint density at radius 1 is 0.460 bits per heavy atom. The second-order valence-corrected chi connectivity index (χ2v) is 13.7. The number of thiophene rings is 1. The van der Waals surface area contributed by atoms with E-state index < -0.39 is 0 Å². The van der Waals surface area contributed by atoms with Crippen molar-refractivity contribution < 1.29 is 0 Å². The lowest BCUT2D eigenvalue weighted by Crippen LogP contribution is -1.96. The zero-order chi connectivity index (χ0) is 33.0. The quantitative estimate of drug-likeness (QED) is 0.185. The third kappa shape index (κ3) is 4.65. The molecule has 0 radical (unpaired) electrons. The normalized spacial score (nSPS) is 11.6. The van der Waals surface area contributed by atoms with Crippen LogP contribution in [0.15, 0.2) is 176 Å². The van der Waals surface area contributed by atoms with E-state index in [-0.39, 0.29) is 0 Å². The second kappa shape index (κ2) is 11.7. The highest BCUT2D eigenvalue weighted by Gasteiger charge is 2.20. The fraction of sp³-hybridized carbons (Fsp3) is 0. The summed E-state index contributed by atoms with van der Waals surface area (Å²) in [6, 6.07) is 58.4. The number of rotatable bonds is 5. The van der Waals surface area contributed by atoms with Crippen LogP contribution in [0.1, 0.15) is 0 Å². The molecule has 50 heavy (non-hydrogen) atoms. The van der Waals surface area contributed by atoms with Gasteiger partial charge in [-0.15, -0.1) is 11.3 Å². The summed E-state index contributed by atoms with van der Waals surface area (Å²) in [6.45, 7) is 0. The van der Waals surface area contributed by atoms with Crippen LogP contribution >= 0.6 is 11.3 Å². The van der Waals surface area contributed by atoms with Crippen molar-refractivity contribution in [1.29, 1.82) is 0 Å². The van der Waals surface area contributed by atoms with Crippen molar-refractivity contribution in [2.45, 2.75) is 0 Å². The fourth-order valence-electron chi connectivity index (χ4n) is 7.37. The lowest BCUT2D eigenvalue weighted by molar-refractivity contribution is 1.18. The molecule has 0 saturated heterocycles.